The Morgan fingerprint density at radius 1 is 1.21 bits per heavy atom. The molecule has 39 heavy (non-hydrogen) atoms. The molecule has 5 rings (SSSR count). The summed E-state index contributed by atoms with van der Waals surface area (Å²) in [6.07, 6.45) is 1.82. The second-order valence-electron chi connectivity index (χ2n) is 9.42. The zero-order chi connectivity index (χ0) is 27.8. The van der Waals surface area contributed by atoms with Gasteiger partial charge in [0.1, 0.15) is 17.2 Å². The Hall–Kier alpha value is -3.50. The van der Waals surface area contributed by atoms with E-state index in [0.29, 0.717) is 49.5 Å². The van der Waals surface area contributed by atoms with Gasteiger partial charge < -0.3 is 14.8 Å². The lowest BCUT2D eigenvalue weighted by Crippen LogP contribution is -2.25. The third-order valence-electron chi connectivity index (χ3n) is 6.80. The fourth-order valence-corrected chi connectivity index (χ4v) is 5.58. The lowest BCUT2D eigenvalue weighted by Gasteiger charge is -2.23. The summed E-state index contributed by atoms with van der Waals surface area (Å²) in [7, 11) is 1.52. The number of hydrogen-bond acceptors (Lipinski definition) is 4. The molecule has 3 N–H and O–H groups in total. The quantitative estimate of drug-likeness (QED) is 0.206. The Balaban J connectivity index is 1.64. The highest BCUT2D eigenvalue weighted by Crippen LogP contribution is 2.48. The van der Waals surface area contributed by atoms with Crippen LogP contribution in [0.3, 0.4) is 0 Å². The topological polar surface area (TPSA) is 103 Å². The van der Waals surface area contributed by atoms with Crippen LogP contribution in [0, 0.1) is 5.82 Å². The number of carbonyl (C=O) groups is 1. The number of rotatable bonds is 9. The van der Waals surface area contributed by atoms with Crippen molar-refractivity contribution in [2.24, 2.45) is 0 Å². The zero-order valence-corrected chi connectivity index (χ0v) is 22.6. The monoisotopic (exact) mass is 568 g/mol. The first-order chi connectivity index (χ1) is 18.7. The summed E-state index contributed by atoms with van der Waals surface area (Å²) in [5.74, 6) is -0.323. The van der Waals surface area contributed by atoms with Crippen LogP contribution in [0.1, 0.15) is 45.8 Å². The lowest BCUT2D eigenvalue weighted by atomic mass is 10.00. The number of amides is 1. The van der Waals surface area contributed by atoms with Crippen LogP contribution < -0.4 is 9.62 Å². The fraction of sp³-hybridized carbons (Fsp3) is 0.207. The fourth-order valence-electron chi connectivity index (χ4n) is 4.66. The summed E-state index contributed by atoms with van der Waals surface area (Å²) < 4.78 is 44.1. The van der Waals surface area contributed by atoms with Crippen LogP contribution in [0.2, 0.25) is 5.02 Å². The van der Waals surface area contributed by atoms with Crippen LogP contribution >= 0.6 is 11.6 Å². The Morgan fingerprint density at radius 3 is 2.51 bits per heavy atom. The Morgan fingerprint density at radius 2 is 1.92 bits per heavy atom. The summed E-state index contributed by atoms with van der Waals surface area (Å²) >= 11 is 4.01. The van der Waals surface area contributed by atoms with E-state index >= 15 is 0 Å². The summed E-state index contributed by atoms with van der Waals surface area (Å²) in [4.78, 5) is 13.0. The minimum absolute atomic E-state index is 0.0633. The number of halogens is 2. The standard InChI is InChI=1S/C29H26ClFN2O5S/c1-16(15-34)21-10-3-17(11-24(21)30)14-33(39(36)37)25-13-26-23(12-22(25)18-4-5-18)27(29(35)32-2)28(38-26)19-6-8-20(31)9-7-19/h3,6-13,18,34H,1,4-5,14-15H2,2H3,(H,32,35)(H,36,37). The van der Waals surface area contributed by atoms with Gasteiger partial charge in [-0.05, 0) is 77.4 Å². The number of benzene rings is 3. The number of carbonyl (C=O) groups excluding carboxylic acids is 1. The number of nitrogens with zero attached hydrogens (tertiary/aromatic N) is 1. The maximum atomic E-state index is 13.6. The molecule has 1 saturated carbocycles. The molecule has 3 aromatic carbocycles. The van der Waals surface area contributed by atoms with Crippen LogP contribution in [0.4, 0.5) is 10.1 Å². The van der Waals surface area contributed by atoms with E-state index in [4.69, 9.17) is 16.0 Å². The van der Waals surface area contributed by atoms with Crippen LogP contribution in [0.15, 0.2) is 65.6 Å². The normalized spacial score (nSPS) is 13.9. The van der Waals surface area contributed by atoms with Crippen molar-refractivity contribution in [3.63, 3.8) is 0 Å². The van der Waals surface area contributed by atoms with Crippen LogP contribution in [-0.4, -0.2) is 33.4 Å². The van der Waals surface area contributed by atoms with Gasteiger partial charge in [0.15, 0.2) is 0 Å². The van der Waals surface area contributed by atoms with Gasteiger partial charge in [-0.2, -0.15) is 0 Å². The van der Waals surface area contributed by atoms with Crippen LogP contribution in [0.5, 0.6) is 0 Å². The molecule has 4 aromatic rings. The highest BCUT2D eigenvalue weighted by Gasteiger charge is 2.32. The van der Waals surface area contributed by atoms with E-state index in [-0.39, 0.29) is 30.7 Å². The highest BCUT2D eigenvalue weighted by atomic mass is 35.5. The number of aliphatic hydroxyl groups excluding tert-OH is 1. The second-order valence-corrected chi connectivity index (χ2v) is 10.7. The smallest absolute Gasteiger partial charge is 0.262 e. The molecule has 10 heteroatoms. The van der Waals surface area contributed by atoms with Gasteiger partial charge in [0, 0.05) is 29.1 Å². The second kappa shape index (κ2) is 10.9. The van der Waals surface area contributed by atoms with Gasteiger partial charge in [0.05, 0.1) is 24.4 Å². The third-order valence-corrected chi connectivity index (χ3v) is 7.82. The van der Waals surface area contributed by atoms with Gasteiger partial charge in [-0.1, -0.05) is 30.3 Å². The molecule has 0 radical (unpaired) electrons. The Kier molecular flexibility index (Phi) is 7.59. The minimum Gasteiger partial charge on any atom is -0.455 e. The van der Waals surface area contributed by atoms with E-state index in [1.54, 1.807) is 24.3 Å². The van der Waals surface area contributed by atoms with Crippen molar-refractivity contribution in [3.8, 4) is 11.3 Å². The number of nitrogens with one attached hydrogen (secondary N) is 1. The number of anilines is 1. The van der Waals surface area contributed by atoms with Gasteiger partial charge in [0.25, 0.3) is 17.2 Å². The summed E-state index contributed by atoms with van der Waals surface area (Å²) in [5, 5.41) is 13.0. The first-order valence-electron chi connectivity index (χ1n) is 12.3. The maximum Gasteiger partial charge on any atom is 0.262 e. The first-order valence-corrected chi connectivity index (χ1v) is 13.7. The SMILES string of the molecule is C=C(CO)c1ccc(CN(c2cc3oc(-c4ccc(F)cc4)c(C(=O)NC)c3cc2C2CC2)S(=O)O)cc1Cl. The molecule has 0 aliphatic heterocycles. The molecule has 1 heterocycles. The molecule has 1 unspecified atom stereocenters. The molecule has 0 saturated heterocycles. The molecule has 0 spiro atoms. The average Bonchev–Trinajstić information content (AvgIpc) is 3.71. The van der Waals surface area contributed by atoms with Gasteiger partial charge in [-0.15, -0.1) is 0 Å². The van der Waals surface area contributed by atoms with Crippen molar-refractivity contribution in [2.45, 2.75) is 25.3 Å². The molecule has 0 bridgehead atoms. The minimum atomic E-state index is -2.40. The summed E-state index contributed by atoms with van der Waals surface area (Å²) in [5.41, 5.74) is 4.29. The lowest BCUT2D eigenvalue weighted by molar-refractivity contribution is 0.0964. The van der Waals surface area contributed by atoms with E-state index < -0.39 is 17.1 Å². The molecule has 7 nitrogen and oxygen atoms in total. The molecule has 1 aliphatic carbocycles. The van der Waals surface area contributed by atoms with Crippen molar-refractivity contribution < 1.29 is 27.5 Å². The molecule has 202 valence electrons. The van der Waals surface area contributed by atoms with E-state index in [1.165, 1.54) is 35.6 Å². The highest BCUT2D eigenvalue weighted by molar-refractivity contribution is 7.80. The van der Waals surface area contributed by atoms with E-state index in [2.05, 4.69) is 11.9 Å². The number of aliphatic hydroxyl groups is 1. The largest absolute Gasteiger partial charge is 0.455 e. The Labute approximate surface area is 232 Å². The van der Waals surface area contributed by atoms with Crippen molar-refractivity contribution in [1.29, 1.82) is 0 Å². The molecular formula is C29H26ClFN2O5S. The Bertz CT molecular complexity index is 1610. The molecular weight excluding hydrogens is 543 g/mol. The van der Waals surface area contributed by atoms with Crippen molar-refractivity contribution in [3.05, 3.63) is 94.3 Å². The zero-order valence-electron chi connectivity index (χ0n) is 21.0. The van der Waals surface area contributed by atoms with Crippen LogP contribution in [0.25, 0.3) is 27.9 Å². The van der Waals surface area contributed by atoms with Crippen molar-refractivity contribution >= 4 is 51.0 Å². The molecule has 1 amide bonds. The predicted molar refractivity (Wildman–Crippen MR) is 151 cm³/mol. The van der Waals surface area contributed by atoms with Gasteiger partial charge >= 0.3 is 0 Å². The van der Waals surface area contributed by atoms with E-state index in [0.717, 1.165) is 18.4 Å². The van der Waals surface area contributed by atoms with Gasteiger partial charge in [0.2, 0.25) is 0 Å². The molecule has 1 fully saturated rings. The molecule has 1 aliphatic rings. The van der Waals surface area contributed by atoms with Crippen molar-refractivity contribution in [1.82, 2.24) is 5.32 Å². The number of hydrogen-bond donors (Lipinski definition) is 3. The van der Waals surface area contributed by atoms with Gasteiger partial charge in [-0.25, -0.2) is 8.60 Å². The molecule has 1 aromatic heterocycles. The van der Waals surface area contributed by atoms with Crippen LogP contribution in [-0.2, 0) is 17.8 Å². The summed E-state index contributed by atoms with van der Waals surface area (Å²) in [6.45, 7) is 3.63. The van der Waals surface area contributed by atoms with Gasteiger partial charge in [-0.3, -0.25) is 13.7 Å². The summed E-state index contributed by atoms with van der Waals surface area (Å²) in [6, 6.07) is 14.4. The average molecular weight is 569 g/mol. The predicted octanol–water partition coefficient (Wildman–Crippen LogP) is 6.28. The number of fused-ring (bicyclic) bond motifs is 1. The van der Waals surface area contributed by atoms with Crippen molar-refractivity contribution in [2.75, 3.05) is 18.0 Å². The molecule has 1 atom stereocenters. The van der Waals surface area contributed by atoms with E-state index in [1.807, 2.05) is 6.07 Å². The maximum absolute atomic E-state index is 13.6. The van der Waals surface area contributed by atoms with E-state index in [9.17, 15) is 23.1 Å². The number of furan rings is 1. The third kappa shape index (κ3) is 5.35. The first kappa shape index (κ1) is 27.1.